The highest BCUT2D eigenvalue weighted by Crippen LogP contribution is 2.23. The van der Waals surface area contributed by atoms with Crippen molar-refractivity contribution >= 4 is 27.8 Å². The van der Waals surface area contributed by atoms with Gasteiger partial charge in [-0.2, -0.15) is 0 Å². The zero-order valence-electron chi connectivity index (χ0n) is 15.7. The second-order valence-corrected chi connectivity index (χ2v) is 7.71. The van der Waals surface area contributed by atoms with Gasteiger partial charge in [0.15, 0.2) is 5.78 Å². The van der Waals surface area contributed by atoms with Gasteiger partial charge in [0.25, 0.3) is 0 Å². The Kier molecular flexibility index (Phi) is 8.11. The number of carbonyl (C=O) groups excluding carboxylic acids is 2. The zero-order chi connectivity index (χ0) is 20.7. The lowest BCUT2D eigenvalue weighted by molar-refractivity contribution is 0.0962. The van der Waals surface area contributed by atoms with Crippen LogP contribution in [0.15, 0.2) is 46.9 Å². The van der Waals surface area contributed by atoms with Crippen LogP contribution < -0.4 is 5.32 Å². The molecule has 2 aromatic rings. The van der Waals surface area contributed by atoms with Crippen LogP contribution in [-0.4, -0.2) is 18.5 Å². The molecule has 0 spiro atoms. The quantitative estimate of drug-likeness (QED) is 0.512. The Hall–Kier alpha value is -2.28. The molecular formula is C21H22BrF2NO3. The van der Waals surface area contributed by atoms with Gasteiger partial charge < -0.3 is 10.1 Å². The molecule has 0 saturated carbocycles. The van der Waals surface area contributed by atoms with Gasteiger partial charge in [-0.3, -0.25) is 4.79 Å². The van der Waals surface area contributed by atoms with E-state index in [0.717, 1.165) is 22.2 Å². The monoisotopic (exact) mass is 453 g/mol. The summed E-state index contributed by atoms with van der Waals surface area (Å²) in [5.74, 6) is -2.26. The first kappa shape index (κ1) is 22.0. The number of hydrogen-bond acceptors (Lipinski definition) is 3. The van der Waals surface area contributed by atoms with Gasteiger partial charge in [0.2, 0.25) is 0 Å². The van der Waals surface area contributed by atoms with Gasteiger partial charge in [-0.15, -0.1) is 0 Å². The second-order valence-electron chi connectivity index (χ2n) is 6.80. The lowest BCUT2D eigenvalue weighted by Crippen LogP contribution is -2.30. The van der Waals surface area contributed by atoms with Gasteiger partial charge in [-0.25, -0.2) is 13.6 Å². The molecule has 7 heteroatoms. The van der Waals surface area contributed by atoms with E-state index in [0.29, 0.717) is 0 Å². The summed E-state index contributed by atoms with van der Waals surface area (Å²) in [5, 5.41) is 2.73. The molecule has 0 aliphatic carbocycles. The number of Topliss-reactive ketones (excluding diaryl/α,β-unsaturated/α-hetero) is 1. The fourth-order valence-corrected chi connectivity index (χ4v) is 2.87. The van der Waals surface area contributed by atoms with Crippen LogP contribution in [0.2, 0.25) is 0 Å². The molecule has 0 aromatic heterocycles. The number of benzene rings is 2. The summed E-state index contributed by atoms with van der Waals surface area (Å²) in [6, 6.07) is 9.97. The van der Waals surface area contributed by atoms with Crippen molar-refractivity contribution in [2.75, 3.05) is 6.61 Å². The molecule has 0 saturated heterocycles. The highest BCUT2D eigenvalue weighted by Gasteiger charge is 2.21. The van der Waals surface area contributed by atoms with Crippen LogP contribution in [0.25, 0.3) is 0 Å². The molecule has 28 heavy (non-hydrogen) atoms. The van der Waals surface area contributed by atoms with E-state index >= 15 is 0 Å². The normalized spacial score (nSPS) is 11.9. The summed E-state index contributed by atoms with van der Waals surface area (Å²) >= 11 is 3.35. The third-order valence-corrected chi connectivity index (χ3v) is 4.54. The van der Waals surface area contributed by atoms with Crippen LogP contribution in [0.5, 0.6) is 0 Å². The summed E-state index contributed by atoms with van der Waals surface area (Å²) in [6.45, 7) is 4.10. The predicted octanol–water partition coefficient (Wildman–Crippen LogP) is 5.81. The molecule has 0 unspecified atom stereocenters. The Morgan fingerprint density at radius 3 is 2.25 bits per heavy atom. The number of alkyl carbamates (subject to hydrolysis) is 1. The van der Waals surface area contributed by atoms with Crippen molar-refractivity contribution in [1.29, 1.82) is 0 Å². The molecule has 150 valence electrons. The maximum absolute atomic E-state index is 13.8. The van der Waals surface area contributed by atoms with E-state index in [-0.39, 0.29) is 25.4 Å². The van der Waals surface area contributed by atoms with Crippen molar-refractivity contribution in [3.63, 3.8) is 0 Å². The molecule has 2 rings (SSSR count). The largest absolute Gasteiger partial charge is 0.449 e. The van der Waals surface area contributed by atoms with Crippen molar-refractivity contribution in [3.8, 4) is 0 Å². The number of carbonyl (C=O) groups is 2. The number of ketones is 1. The van der Waals surface area contributed by atoms with Gasteiger partial charge >= 0.3 is 6.09 Å². The topological polar surface area (TPSA) is 55.4 Å². The van der Waals surface area contributed by atoms with Crippen molar-refractivity contribution in [3.05, 3.63) is 69.7 Å². The van der Waals surface area contributed by atoms with Crippen molar-refractivity contribution in [1.82, 2.24) is 5.32 Å². The van der Waals surface area contributed by atoms with E-state index in [1.165, 1.54) is 6.07 Å². The Labute approximate surface area is 171 Å². The molecule has 4 nitrogen and oxygen atoms in total. The average Bonchev–Trinajstić information content (AvgIpc) is 2.64. The predicted molar refractivity (Wildman–Crippen MR) is 106 cm³/mol. The van der Waals surface area contributed by atoms with Crippen molar-refractivity contribution in [2.24, 2.45) is 5.92 Å². The first-order chi connectivity index (χ1) is 13.3. The molecule has 0 bridgehead atoms. The summed E-state index contributed by atoms with van der Waals surface area (Å²) in [6.07, 6.45) is -0.570. The Morgan fingerprint density at radius 2 is 1.68 bits per heavy atom. The number of hydrogen-bond donors (Lipinski definition) is 1. The SMILES string of the molecule is CC(C)COC(=O)N[C@H](CCC(=O)c1c(F)cccc1F)c1ccc(Br)cc1. The smallest absolute Gasteiger partial charge is 0.407 e. The molecule has 0 fully saturated rings. The standard InChI is InChI=1S/C21H22BrF2NO3/c1-13(2)12-28-21(27)25-18(14-6-8-15(22)9-7-14)10-11-19(26)20-16(23)4-3-5-17(20)24/h3-9,13,18H,10-12H2,1-2H3,(H,25,27)/t18-/m1/s1. The molecule has 0 radical (unpaired) electrons. The molecule has 0 aliphatic heterocycles. The minimum Gasteiger partial charge on any atom is -0.449 e. The Morgan fingerprint density at radius 1 is 1.07 bits per heavy atom. The molecule has 0 heterocycles. The van der Waals surface area contributed by atoms with E-state index in [1.807, 2.05) is 26.0 Å². The van der Waals surface area contributed by atoms with Gasteiger partial charge in [-0.05, 0) is 42.2 Å². The lowest BCUT2D eigenvalue weighted by Gasteiger charge is -2.19. The minimum absolute atomic E-state index is 0.136. The van der Waals surface area contributed by atoms with Gasteiger partial charge in [0, 0.05) is 10.9 Å². The van der Waals surface area contributed by atoms with E-state index < -0.39 is 35.1 Å². The molecular weight excluding hydrogens is 432 g/mol. The van der Waals surface area contributed by atoms with Crippen LogP contribution in [0, 0.1) is 17.6 Å². The Bertz CT molecular complexity index is 805. The first-order valence-corrected chi connectivity index (χ1v) is 9.73. The fourth-order valence-electron chi connectivity index (χ4n) is 2.61. The summed E-state index contributed by atoms with van der Waals surface area (Å²) in [7, 11) is 0. The van der Waals surface area contributed by atoms with Crippen LogP contribution in [0.4, 0.5) is 13.6 Å². The number of nitrogens with one attached hydrogen (secondary N) is 1. The van der Waals surface area contributed by atoms with Crippen LogP contribution >= 0.6 is 15.9 Å². The minimum atomic E-state index is -0.894. The maximum atomic E-state index is 13.8. The highest BCUT2D eigenvalue weighted by molar-refractivity contribution is 9.10. The number of amides is 1. The summed E-state index contributed by atoms with van der Waals surface area (Å²) in [5.41, 5.74) is 0.200. The summed E-state index contributed by atoms with van der Waals surface area (Å²) in [4.78, 5) is 24.4. The fraction of sp³-hybridized carbons (Fsp3) is 0.333. The third-order valence-electron chi connectivity index (χ3n) is 4.01. The van der Waals surface area contributed by atoms with E-state index in [1.54, 1.807) is 12.1 Å². The number of halogens is 3. The van der Waals surface area contributed by atoms with Gasteiger partial charge in [0.05, 0.1) is 18.2 Å². The highest BCUT2D eigenvalue weighted by atomic mass is 79.9. The van der Waals surface area contributed by atoms with E-state index in [4.69, 9.17) is 4.74 Å². The number of rotatable bonds is 8. The van der Waals surface area contributed by atoms with Crippen LogP contribution in [-0.2, 0) is 4.74 Å². The summed E-state index contributed by atoms with van der Waals surface area (Å²) < 4.78 is 33.7. The first-order valence-electron chi connectivity index (χ1n) is 8.94. The second kappa shape index (κ2) is 10.3. The van der Waals surface area contributed by atoms with Crippen LogP contribution in [0.1, 0.15) is 48.7 Å². The van der Waals surface area contributed by atoms with E-state index in [9.17, 15) is 18.4 Å². The van der Waals surface area contributed by atoms with E-state index in [2.05, 4.69) is 21.2 Å². The Balaban J connectivity index is 2.11. The lowest BCUT2D eigenvalue weighted by atomic mass is 9.98. The molecule has 1 amide bonds. The zero-order valence-corrected chi connectivity index (χ0v) is 17.3. The average molecular weight is 454 g/mol. The number of ether oxygens (including phenoxy) is 1. The maximum Gasteiger partial charge on any atom is 0.407 e. The molecule has 1 atom stereocenters. The van der Waals surface area contributed by atoms with Gasteiger partial charge in [-0.1, -0.05) is 48.0 Å². The molecule has 0 aliphatic rings. The third kappa shape index (κ3) is 6.41. The van der Waals surface area contributed by atoms with Crippen LogP contribution in [0.3, 0.4) is 0 Å². The van der Waals surface area contributed by atoms with Crippen molar-refractivity contribution in [2.45, 2.75) is 32.7 Å². The van der Waals surface area contributed by atoms with Crippen molar-refractivity contribution < 1.29 is 23.1 Å². The molecule has 1 N–H and O–H groups in total. The molecule has 2 aromatic carbocycles. The van der Waals surface area contributed by atoms with Gasteiger partial charge in [0.1, 0.15) is 11.6 Å².